The number of benzene rings is 1. The average Bonchev–Trinajstić information content (AvgIpc) is 3.42. The summed E-state index contributed by atoms with van der Waals surface area (Å²) in [5, 5.41) is 15.3. The number of hydrogen-bond acceptors (Lipinski definition) is 8. The van der Waals surface area contributed by atoms with Crippen LogP contribution in [-0.4, -0.2) is 34.0 Å². The molecule has 9 nitrogen and oxygen atoms in total. The molecule has 33 heavy (non-hydrogen) atoms. The largest absolute Gasteiger partial charge is 0.402 e. The van der Waals surface area contributed by atoms with Gasteiger partial charge in [-0.3, -0.25) is 9.59 Å². The number of hydrogen-bond donors (Lipinski definition) is 4. The van der Waals surface area contributed by atoms with Gasteiger partial charge < -0.3 is 27.0 Å². The minimum absolute atomic E-state index is 0.0389. The second-order valence-electron chi connectivity index (χ2n) is 7.98. The molecule has 0 saturated carbocycles. The SMILES string of the molecule is CN/C(N)=C/C=C(\N)CCCCc1nnc(NC(=O)Cc2cccc3c2CN(C(C)=O)C3)s1. The monoisotopic (exact) mass is 469 g/mol. The van der Waals surface area contributed by atoms with Crippen LogP contribution in [0.2, 0.25) is 0 Å². The molecule has 0 spiro atoms. The highest BCUT2D eigenvalue weighted by Gasteiger charge is 2.24. The molecular weight excluding hydrogens is 438 g/mol. The maximum absolute atomic E-state index is 12.6. The zero-order valence-electron chi connectivity index (χ0n) is 19.1. The molecule has 0 atom stereocenters. The van der Waals surface area contributed by atoms with E-state index in [0.717, 1.165) is 53.1 Å². The molecule has 10 heteroatoms. The number of nitrogens with zero attached hydrogens (tertiary/aromatic N) is 3. The lowest BCUT2D eigenvalue weighted by molar-refractivity contribution is -0.129. The van der Waals surface area contributed by atoms with Crippen LogP contribution in [0.5, 0.6) is 0 Å². The maximum Gasteiger partial charge on any atom is 0.230 e. The van der Waals surface area contributed by atoms with E-state index < -0.39 is 0 Å². The van der Waals surface area contributed by atoms with Gasteiger partial charge in [-0.15, -0.1) is 10.2 Å². The van der Waals surface area contributed by atoms with Gasteiger partial charge in [-0.05, 0) is 48.1 Å². The number of nitrogens with two attached hydrogens (primary N) is 2. The van der Waals surface area contributed by atoms with Crippen molar-refractivity contribution in [1.82, 2.24) is 20.4 Å². The number of fused-ring (bicyclic) bond motifs is 1. The molecule has 1 aromatic carbocycles. The van der Waals surface area contributed by atoms with Crippen molar-refractivity contribution in [2.24, 2.45) is 11.5 Å². The van der Waals surface area contributed by atoms with Crippen molar-refractivity contribution in [3.05, 3.63) is 63.6 Å². The van der Waals surface area contributed by atoms with E-state index in [1.807, 2.05) is 24.3 Å². The summed E-state index contributed by atoms with van der Waals surface area (Å²) < 4.78 is 0. The minimum atomic E-state index is -0.140. The van der Waals surface area contributed by atoms with Gasteiger partial charge in [0.15, 0.2) is 0 Å². The number of aryl methyl sites for hydroxylation is 1. The average molecular weight is 470 g/mol. The first-order valence-corrected chi connectivity index (χ1v) is 11.7. The molecule has 2 amide bonds. The number of rotatable bonds is 10. The summed E-state index contributed by atoms with van der Waals surface area (Å²) >= 11 is 1.39. The quantitative estimate of drug-likeness (QED) is 0.309. The molecule has 2 heterocycles. The molecule has 2 aromatic rings. The number of allylic oxidation sites excluding steroid dienone is 3. The molecule has 0 aliphatic carbocycles. The molecule has 1 aliphatic rings. The Bertz CT molecular complexity index is 1060. The van der Waals surface area contributed by atoms with Crippen molar-refractivity contribution in [1.29, 1.82) is 0 Å². The van der Waals surface area contributed by atoms with Crippen LogP contribution in [0, 0.1) is 0 Å². The number of anilines is 1. The highest BCUT2D eigenvalue weighted by molar-refractivity contribution is 7.15. The molecule has 0 radical (unpaired) electrons. The van der Waals surface area contributed by atoms with Crippen LogP contribution >= 0.6 is 11.3 Å². The Labute approximate surface area is 197 Å². The van der Waals surface area contributed by atoms with E-state index in [1.165, 1.54) is 11.3 Å². The van der Waals surface area contributed by atoms with E-state index in [-0.39, 0.29) is 18.2 Å². The Morgan fingerprint density at radius 1 is 1.18 bits per heavy atom. The topological polar surface area (TPSA) is 139 Å². The molecule has 0 bridgehead atoms. The fraction of sp³-hybridized carbons (Fsp3) is 0.391. The summed E-state index contributed by atoms with van der Waals surface area (Å²) in [6.45, 7) is 2.72. The standard InChI is InChI=1S/C23H31N7O2S/c1-15(31)30-13-17-7-5-6-16(19(17)14-30)12-21(32)27-23-29-28-22(33-23)9-4-3-8-18(24)10-11-20(25)26-2/h5-7,10-11,26H,3-4,8-9,12-14,24-25H2,1-2H3,(H,27,29,32)/b18-10-,20-11+. The third-order valence-electron chi connectivity index (χ3n) is 5.46. The molecular formula is C23H31N7O2S. The zero-order valence-corrected chi connectivity index (χ0v) is 19.9. The van der Waals surface area contributed by atoms with Gasteiger partial charge in [-0.25, -0.2) is 0 Å². The molecule has 3 rings (SSSR count). The van der Waals surface area contributed by atoms with E-state index >= 15 is 0 Å². The van der Waals surface area contributed by atoms with E-state index in [2.05, 4.69) is 20.8 Å². The second-order valence-corrected chi connectivity index (χ2v) is 9.04. The highest BCUT2D eigenvalue weighted by atomic mass is 32.1. The number of aromatic nitrogens is 2. The summed E-state index contributed by atoms with van der Waals surface area (Å²) in [5.41, 5.74) is 15.5. The highest BCUT2D eigenvalue weighted by Crippen LogP contribution is 2.27. The van der Waals surface area contributed by atoms with Crippen LogP contribution in [0.4, 0.5) is 5.13 Å². The molecule has 0 saturated heterocycles. The van der Waals surface area contributed by atoms with Crippen molar-refractivity contribution < 1.29 is 9.59 Å². The molecule has 1 aromatic heterocycles. The first-order chi connectivity index (χ1) is 15.9. The van der Waals surface area contributed by atoms with Gasteiger partial charge in [-0.1, -0.05) is 29.5 Å². The van der Waals surface area contributed by atoms with Crippen molar-refractivity contribution in [3.8, 4) is 0 Å². The number of amides is 2. The van der Waals surface area contributed by atoms with Gasteiger partial charge in [0, 0.05) is 39.2 Å². The Morgan fingerprint density at radius 2 is 2.00 bits per heavy atom. The third kappa shape index (κ3) is 7.04. The Hall–Kier alpha value is -3.40. The maximum atomic E-state index is 12.6. The summed E-state index contributed by atoms with van der Waals surface area (Å²) in [6.07, 6.45) is 7.20. The van der Waals surface area contributed by atoms with Gasteiger partial charge in [0.25, 0.3) is 0 Å². The number of carbonyl (C=O) groups excluding carboxylic acids is 2. The smallest absolute Gasteiger partial charge is 0.230 e. The molecule has 6 N–H and O–H groups in total. The van der Waals surface area contributed by atoms with Gasteiger partial charge in [0.2, 0.25) is 16.9 Å². The number of unbranched alkanes of at least 4 members (excludes halogenated alkanes) is 1. The lowest BCUT2D eigenvalue weighted by atomic mass is 10.0. The van der Waals surface area contributed by atoms with E-state index in [4.69, 9.17) is 11.5 Å². The van der Waals surface area contributed by atoms with Crippen molar-refractivity contribution in [3.63, 3.8) is 0 Å². The fourth-order valence-electron chi connectivity index (χ4n) is 3.59. The van der Waals surface area contributed by atoms with E-state index in [9.17, 15) is 9.59 Å². The normalized spacial score (nSPS) is 13.7. The van der Waals surface area contributed by atoms with Gasteiger partial charge in [0.1, 0.15) is 5.01 Å². The lowest BCUT2D eigenvalue weighted by Gasteiger charge is -2.12. The molecule has 176 valence electrons. The van der Waals surface area contributed by atoms with E-state index in [1.54, 1.807) is 24.9 Å². The van der Waals surface area contributed by atoms with E-state index in [0.29, 0.717) is 24.0 Å². The number of nitrogens with one attached hydrogen (secondary N) is 2. The first kappa shape index (κ1) is 24.2. The Morgan fingerprint density at radius 3 is 2.76 bits per heavy atom. The third-order valence-corrected chi connectivity index (χ3v) is 6.36. The fourth-order valence-corrected chi connectivity index (χ4v) is 4.39. The van der Waals surface area contributed by atoms with Crippen molar-refractivity contribution >= 4 is 28.3 Å². The zero-order chi connectivity index (χ0) is 23.8. The van der Waals surface area contributed by atoms with Crippen molar-refractivity contribution in [2.75, 3.05) is 12.4 Å². The minimum Gasteiger partial charge on any atom is -0.402 e. The van der Waals surface area contributed by atoms with Crippen LogP contribution in [0.1, 0.15) is 47.9 Å². The molecule has 1 aliphatic heterocycles. The number of carbonyl (C=O) groups is 2. The van der Waals surface area contributed by atoms with Crippen LogP contribution in [0.25, 0.3) is 0 Å². The summed E-state index contributed by atoms with van der Waals surface area (Å²) in [7, 11) is 1.76. The summed E-state index contributed by atoms with van der Waals surface area (Å²) in [5.74, 6) is 0.465. The predicted octanol–water partition coefficient (Wildman–Crippen LogP) is 2.16. The predicted molar refractivity (Wildman–Crippen MR) is 130 cm³/mol. The molecule has 0 unspecified atom stereocenters. The first-order valence-electron chi connectivity index (χ1n) is 10.9. The lowest BCUT2D eigenvalue weighted by Crippen LogP contribution is -2.22. The van der Waals surface area contributed by atoms with Gasteiger partial charge >= 0.3 is 0 Å². The summed E-state index contributed by atoms with van der Waals surface area (Å²) in [4.78, 5) is 26.1. The second kappa shape index (κ2) is 11.5. The van der Waals surface area contributed by atoms with Crippen LogP contribution in [0.15, 0.2) is 41.9 Å². The summed E-state index contributed by atoms with van der Waals surface area (Å²) in [6, 6.07) is 5.88. The van der Waals surface area contributed by atoms with Crippen LogP contribution < -0.4 is 22.1 Å². The Balaban J connectivity index is 1.45. The Kier molecular flexibility index (Phi) is 8.42. The van der Waals surface area contributed by atoms with Crippen LogP contribution in [0.3, 0.4) is 0 Å². The van der Waals surface area contributed by atoms with Crippen molar-refractivity contribution in [2.45, 2.75) is 52.1 Å². The molecule has 0 fully saturated rings. The van der Waals surface area contributed by atoms with Gasteiger partial charge in [-0.2, -0.15) is 0 Å². The van der Waals surface area contributed by atoms with Gasteiger partial charge in [0.05, 0.1) is 12.2 Å². The van der Waals surface area contributed by atoms with Crippen LogP contribution in [-0.2, 0) is 35.5 Å².